The van der Waals surface area contributed by atoms with Gasteiger partial charge in [-0.3, -0.25) is 9.59 Å². The summed E-state index contributed by atoms with van der Waals surface area (Å²) in [4.78, 5) is 37.1. The summed E-state index contributed by atoms with van der Waals surface area (Å²) in [7, 11) is 0. The number of benzene rings is 2. The summed E-state index contributed by atoms with van der Waals surface area (Å²) in [6, 6.07) is 16.7. The SMILES string of the molecule is CCN1CCN(C(=O)c2ccc(Nc3nccc(-c4ccc(NC(C)=O)cc4)n3)cc2)CC1. The number of likely N-dealkylation sites (N-methyl/N-ethyl adjacent to an activating group) is 1. The van der Waals surface area contributed by atoms with Crippen LogP contribution in [-0.2, 0) is 4.79 Å². The highest BCUT2D eigenvalue weighted by molar-refractivity contribution is 5.94. The summed E-state index contributed by atoms with van der Waals surface area (Å²) in [6.07, 6.45) is 1.69. The Hall–Kier alpha value is -3.78. The monoisotopic (exact) mass is 444 g/mol. The quantitative estimate of drug-likeness (QED) is 0.604. The summed E-state index contributed by atoms with van der Waals surface area (Å²) in [6.45, 7) is 8.02. The molecule has 2 aromatic carbocycles. The first kappa shape index (κ1) is 22.4. The van der Waals surface area contributed by atoms with Crippen molar-refractivity contribution in [1.29, 1.82) is 0 Å². The van der Waals surface area contributed by atoms with Crippen LogP contribution in [0.3, 0.4) is 0 Å². The Bertz CT molecular complexity index is 1110. The van der Waals surface area contributed by atoms with E-state index in [4.69, 9.17) is 0 Å². The number of carbonyl (C=O) groups excluding carboxylic acids is 2. The second-order valence-electron chi connectivity index (χ2n) is 7.95. The predicted molar refractivity (Wildman–Crippen MR) is 130 cm³/mol. The fourth-order valence-corrected chi connectivity index (χ4v) is 3.78. The third kappa shape index (κ3) is 5.72. The first-order valence-corrected chi connectivity index (χ1v) is 11.1. The third-order valence-electron chi connectivity index (χ3n) is 5.65. The van der Waals surface area contributed by atoms with Gasteiger partial charge in [0.25, 0.3) is 5.91 Å². The van der Waals surface area contributed by atoms with Crippen molar-refractivity contribution in [3.8, 4) is 11.3 Å². The van der Waals surface area contributed by atoms with Crippen LogP contribution in [0.15, 0.2) is 60.8 Å². The van der Waals surface area contributed by atoms with Crippen LogP contribution in [0.25, 0.3) is 11.3 Å². The normalized spacial score (nSPS) is 14.1. The highest BCUT2D eigenvalue weighted by Crippen LogP contribution is 2.22. The molecule has 0 atom stereocenters. The van der Waals surface area contributed by atoms with Crippen LogP contribution in [0.5, 0.6) is 0 Å². The van der Waals surface area contributed by atoms with Gasteiger partial charge in [0.05, 0.1) is 5.69 Å². The van der Waals surface area contributed by atoms with Gasteiger partial charge in [0.2, 0.25) is 11.9 Å². The lowest BCUT2D eigenvalue weighted by Gasteiger charge is -2.34. The maximum atomic E-state index is 12.8. The molecule has 3 aromatic rings. The molecule has 2 amide bonds. The molecule has 1 aromatic heterocycles. The molecule has 1 aliphatic rings. The number of nitrogens with zero attached hydrogens (tertiary/aromatic N) is 4. The van der Waals surface area contributed by atoms with Gasteiger partial charge in [-0.15, -0.1) is 0 Å². The highest BCUT2D eigenvalue weighted by atomic mass is 16.2. The van der Waals surface area contributed by atoms with Crippen molar-refractivity contribution in [2.24, 2.45) is 0 Å². The van der Waals surface area contributed by atoms with Crippen molar-refractivity contribution in [3.05, 3.63) is 66.4 Å². The zero-order valence-electron chi connectivity index (χ0n) is 18.9. The molecule has 1 saturated heterocycles. The predicted octanol–water partition coefficient (Wildman–Crippen LogP) is 3.62. The molecule has 170 valence electrons. The minimum absolute atomic E-state index is 0.0678. The van der Waals surface area contributed by atoms with Crippen LogP contribution >= 0.6 is 0 Å². The molecule has 0 radical (unpaired) electrons. The van der Waals surface area contributed by atoms with Crippen LogP contribution in [0.1, 0.15) is 24.2 Å². The number of amides is 2. The van der Waals surface area contributed by atoms with Crippen LogP contribution in [0.2, 0.25) is 0 Å². The van der Waals surface area contributed by atoms with Gasteiger partial charge in [-0.05, 0) is 49.0 Å². The van der Waals surface area contributed by atoms with E-state index in [1.807, 2.05) is 59.5 Å². The van der Waals surface area contributed by atoms with Gasteiger partial charge in [-0.1, -0.05) is 19.1 Å². The number of anilines is 3. The lowest BCUT2D eigenvalue weighted by atomic mass is 10.1. The molecule has 4 rings (SSSR count). The van der Waals surface area contributed by atoms with Gasteiger partial charge in [-0.25, -0.2) is 9.97 Å². The standard InChI is InChI=1S/C25H28N6O2/c1-3-30-14-16-31(17-15-30)24(33)20-6-10-22(11-7-20)28-25-26-13-12-23(29-25)19-4-8-21(9-5-19)27-18(2)32/h4-13H,3,14-17H2,1-2H3,(H,27,32)(H,26,28,29). The molecule has 2 heterocycles. The minimum Gasteiger partial charge on any atom is -0.336 e. The van der Waals surface area contributed by atoms with E-state index >= 15 is 0 Å². The summed E-state index contributed by atoms with van der Waals surface area (Å²) in [5.74, 6) is 0.425. The summed E-state index contributed by atoms with van der Waals surface area (Å²) in [5, 5.41) is 5.95. The lowest BCUT2D eigenvalue weighted by Crippen LogP contribution is -2.48. The van der Waals surface area contributed by atoms with E-state index in [-0.39, 0.29) is 11.8 Å². The van der Waals surface area contributed by atoms with Gasteiger partial charge in [0.15, 0.2) is 0 Å². The number of carbonyl (C=O) groups is 2. The zero-order valence-corrected chi connectivity index (χ0v) is 18.9. The van der Waals surface area contributed by atoms with Crippen molar-refractivity contribution >= 4 is 29.1 Å². The van der Waals surface area contributed by atoms with Crippen molar-refractivity contribution < 1.29 is 9.59 Å². The van der Waals surface area contributed by atoms with E-state index in [1.165, 1.54) is 6.92 Å². The number of piperazine rings is 1. The molecule has 1 aliphatic heterocycles. The third-order valence-corrected chi connectivity index (χ3v) is 5.65. The van der Waals surface area contributed by atoms with Gasteiger partial charge >= 0.3 is 0 Å². The zero-order chi connectivity index (χ0) is 23.2. The first-order chi connectivity index (χ1) is 16.0. The topological polar surface area (TPSA) is 90.5 Å². The Morgan fingerprint density at radius 1 is 0.909 bits per heavy atom. The average Bonchev–Trinajstić information content (AvgIpc) is 2.84. The maximum absolute atomic E-state index is 12.8. The van der Waals surface area contributed by atoms with Crippen LogP contribution < -0.4 is 10.6 Å². The van der Waals surface area contributed by atoms with Gasteiger partial charge in [0, 0.05) is 61.8 Å². The second kappa shape index (κ2) is 10.2. The Morgan fingerprint density at radius 2 is 1.58 bits per heavy atom. The molecular weight excluding hydrogens is 416 g/mol. The summed E-state index contributed by atoms with van der Waals surface area (Å²) < 4.78 is 0. The van der Waals surface area contributed by atoms with E-state index in [1.54, 1.807) is 6.20 Å². The largest absolute Gasteiger partial charge is 0.336 e. The highest BCUT2D eigenvalue weighted by Gasteiger charge is 2.21. The van der Waals surface area contributed by atoms with Gasteiger partial charge in [0.1, 0.15) is 0 Å². The number of hydrogen-bond acceptors (Lipinski definition) is 6. The Morgan fingerprint density at radius 3 is 2.21 bits per heavy atom. The molecule has 8 heteroatoms. The van der Waals surface area contributed by atoms with Crippen molar-refractivity contribution in [3.63, 3.8) is 0 Å². The van der Waals surface area contributed by atoms with Gasteiger partial charge in [-0.2, -0.15) is 0 Å². The van der Waals surface area contributed by atoms with Crippen LogP contribution in [0, 0.1) is 0 Å². The second-order valence-corrected chi connectivity index (χ2v) is 7.95. The van der Waals surface area contributed by atoms with Crippen LogP contribution in [0.4, 0.5) is 17.3 Å². The smallest absolute Gasteiger partial charge is 0.253 e. The molecule has 33 heavy (non-hydrogen) atoms. The first-order valence-electron chi connectivity index (χ1n) is 11.1. The van der Waals surface area contributed by atoms with E-state index in [0.29, 0.717) is 11.5 Å². The van der Waals surface area contributed by atoms with Crippen molar-refractivity contribution in [2.45, 2.75) is 13.8 Å². The molecule has 1 fully saturated rings. The van der Waals surface area contributed by atoms with E-state index in [9.17, 15) is 9.59 Å². The lowest BCUT2D eigenvalue weighted by molar-refractivity contribution is -0.114. The Kier molecular flexibility index (Phi) is 6.95. The van der Waals surface area contributed by atoms with E-state index in [0.717, 1.165) is 55.4 Å². The molecular formula is C25H28N6O2. The molecule has 0 unspecified atom stereocenters. The van der Waals surface area contributed by atoms with Crippen molar-refractivity contribution in [1.82, 2.24) is 19.8 Å². The summed E-state index contributed by atoms with van der Waals surface area (Å²) >= 11 is 0. The van der Waals surface area contributed by atoms with Crippen molar-refractivity contribution in [2.75, 3.05) is 43.4 Å². The Balaban J connectivity index is 1.40. The number of nitrogens with one attached hydrogen (secondary N) is 2. The van der Waals surface area contributed by atoms with Crippen LogP contribution in [-0.4, -0.2) is 64.3 Å². The number of rotatable bonds is 6. The minimum atomic E-state index is -0.108. The fraction of sp³-hybridized carbons (Fsp3) is 0.280. The molecule has 0 saturated carbocycles. The molecule has 2 N–H and O–H groups in total. The van der Waals surface area contributed by atoms with Gasteiger partial charge < -0.3 is 20.4 Å². The molecule has 0 bridgehead atoms. The fourth-order valence-electron chi connectivity index (χ4n) is 3.78. The number of hydrogen-bond donors (Lipinski definition) is 2. The maximum Gasteiger partial charge on any atom is 0.253 e. The Labute approximate surface area is 193 Å². The number of aromatic nitrogens is 2. The molecule has 0 spiro atoms. The average molecular weight is 445 g/mol. The molecule has 0 aliphatic carbocycles. The van der Waals surface area contributed by atoms with E-state index in [2.05, 4.69) is 32.4 Å². The summed E-state index contributed by atoms with van der Waals surface area (Å²) in [5.41, 5.74) is 3.90. The van der Waals surface area contributed by atoms with E-state index < -0.39 is 0 Å². The molecule has 8 nitrogen and oxygen atoms in total.